The summed E-state index contributed by atoms with van der Waals surface area (Å²) in [6, 6.07) is 8.19. The zero-order chi connectivity index (χ0) is 19.8. The van der Waals surface area contributed by atoms with Crippen molar-refractivity contribution in [3.63, 3.8) is 0 Å². The highest BCUT2D eigenvalue weighted by Gasteiger charge is 2.44. The smallest absolute Gasteiger partial charge is 0.191 e. The zero-order valence-electron chi connectivity index (χ0n) is 15.1. The van der Waals surface area contributed by atoms with E-state index < -0.39 is 31.1 Å². The summed E-state index contributed by atoms with van der Waals surface area (Å²) in [5, 5.41) is 30.1. The highest BCUT2D eigenvalue weighted by atomic mass is 32.2. The SMILES string of the molecule is Cc1ccc(CSc2nc(N)c3ncn([C@@H]4O[C@H](CO)[C@@H](O)[C@H]4O)c3n2)cc1. The Bertz CT molecular complexity index is 980. The molecule has 1 aliphatic rings. The van der Waals surface area contributed by atoms with E-state index >= 15 is 0 Å². The van der Waals surface area contributed by atoms with Crippen molar-refractivity contribution in [2.24, 2.45) is 0 Å². The number of nitrogen functional groups attached to an aromatic ring is 1. The van der Waals surface area contributed by atoms with Crippen LogP contribution in [0.5, 0.6) is 0 Å². The number of nitrogens with zero attached hydrogens (tertiary/aromatic N) is 4. The quantitative estimate of drug-likeness (QED) is 0.356. The first-order chi connectivity index (χ1) is 13.5. The van der Waals surface area contributed by atoms with Crippen molar-refractivity contribution in [3.8, 4) is 0 Å². The molecule has 0 saturated carbocycles. The molecule has 0 bridgehead atoms. The fraction of sp³-hybridized carbons (Fsp3) is 0.389. The number of aliphatic hydroxyl groups excluding tert-OH is 3. The molecule has 1 aliphatic heterocycles. The Kier molecular flexibility index (Phi) is 5.21. The molecule has 5 N–H and O–H groups in total. The van der Waals surface area contributed by atoms with E-state index in [0.29, 0.717) is 22.1 Å². The minimum Gasteiger partial charge on any atom is -0.394 e. The average molecular weight is 403 g/mol. The Morgan fingerprint density at radius 3 is 2.61 bits per heavy atom. The number of benzene rings is 1. The maximum Gasteiger partial charge on any atom is 0.191 e. The predicted octanol–water partition coefficient (Wildman–Crippen LogP) is 0.621. The first-order valence-electron chi connectivity index (χ1n) is 8.78. The molecular formula is C18H21N5O4S. The lowest BCUT2D eigenvalue weighted by Gasteiger charge is -2.16. The summed E-state index contributed by atoms with van der Waals surface area (Å²) in [6.45, 7) is 1.63. The summed E-state index contributed by atoms with van der Waals surface area (Å²) in [5.41, 5.74) is 9.15. The van der Waals surface area contributed by atoms with Gasteiger partial charge in [0, 0.05) is 5.75 Å². The van der Waals surface area contributed by atoms with Gasteiger partial charge in [0.15, 0.2) is 22.8 Å². The van der Waals surface area contributed by atoms with Crippen LogP contribution in [0.3, 0.4) is 0 Å². The highest BCUT2D eigenvalue weighted by molar-refractivity contribution is 7.98. The molecular weight excluding hydrogens is 382 g/mol. The van der Waals surface area contributed by atoms with Gasteiger partial charge >= 0.3 is 0 Å². The summed E-state index contributed by atoms with van der Waals surface area (Å²) in [5.74, 6) is 0.898. The minimum atomic E-state index is -1.23. The molecule has 0 spiro atoms. The number of thioether (sulfide) groups is 1. The fourth-order valence-electron chi connectivity index (χ4n) is 3.11. The Morgan fingerprint density at radius 1 is 1.18 bits per heavy atom. The Hall–Kier alpha value is -2.24. The largest absolute Gasteiger partial charge is 0.394 e. The summed E-state index contributed by atoms with van der Waals surface area (Å²) < 4.78 is 7.08. The summed E-state index contributed by atoms with van der Waals surface area (Å²) in [6.07, 6.45) is -2.81. The minimum absolute atomic E-state index is 0.224. The topological polar surface area (TPSA) is 140 Å². The number of aryl methyl sites for hydroxylation is 1. The van der Waals surface area contributed by atoms with Gasteiger partial charge in [-0.1, -0.05) is 41.6 Å². The van der Waals surface area contributed by atoms with Gasteiger partial charge in [0.05, 0.1) is 12.9 Å². The van der Waals surface area contributed by atoms with Gasteiger partial charge in [-0.15, -0.1) is 0 Å². The molecule has 2 aromatic heterocycles. The van der Waals surface area contributed by atoms with Gasteiger partial charge in [-0.2, -0.15) is 0 Å². The van der Waals surface area contributed by atoms with Gasteiger partial charge in [0.2, 0.25) is 0 Å². The third kappa shape index (κ3) is 3.45. The molecule has 0 aliphatic carbocycles. The van der Waals surface area contributed by atoms with Gasteiger partial charge in [-0.05, 0) is 12.5 Å². The van der Waals surface area contributed by atoms with Crippen molar-refractivity contribution in [1.29, 1.82) is 0 Å². The van der Waals surface area contributed by atoms with Crippen molar-refractivity contribution >= 4 is 28.7 Å². The number of hydrogen-bond acceptors (Lipinski definition) is 9. The van der Waals surface area contributed by atoms with Gasteiger partial charge < -0.3 is 25.8 Å². The van der Waals surface area contributed by atoms with Crippen molar-refractivity contribution in [2.75, 3.05) is 12.3 Å². The van der Waals surface area contributed by atoms with E-state index in [-0.39, 0.29) is 5.82 Å². The number of anilines is 1. The number of hydrogen-bond donors (Lipinski definition) is 4. The Labute approximate surface area is 165 Å². The fourth-order valence-corrected chi connectivity index (χ4v) is 3.91. The number of nitrogens with two attached hydrogens (primary N) is 1. The van der Waals surface area contributed by atoms with E-state index in [2.05, 4.69) is 15.0 Å². The van der Waals surface area contributed by atoms with Crippen molar-refractivity contribution in [3.05, 3.63) is 41.7 Å². The van der Waals surface area contributed by atoms with Crippen LogP contribution in [0.4, 0.5) is 5.82 Å². The number of fused-ring (bicyclic) bond motifs is 1. The molecule has 1 aromatic carbocycles. The normalized spacial score (nSPS) is 24.9. The third-order valence-corrected chi connectivity index (χ3v) is 5.63. The summed E-state index contributed by atoms with van der Waals surface area (Å²) in [7, 11) is 0. The molecule has 3 aromatic rings. The molecule has 1 saturated heterocycles. The lowest BCUT2D eigenvalue weighted by molar-refractivity contribution is -0.0511. The number of ether oxygens (including phenoxy) is 1. The Morgan fingerprint density at radius 2 is 1.93 bits per heavy atom. The first kappa shape index (κ1) is 19.1. The zero-order valence-corrected chi connectivity index (χ0v) is 16.0. The third-order valence-electron chi connectivity index (χ3n) is 4.71. The van der Waals surface area contributed by atoms with E-state index in [0.717, 1.165) is 5.56 Å². The van der Waals surface area contributed by atoms with Crippen LogP contribution >= 0.6 is 11.8 Å². The van der Waals surface area contributed by atoms with Crippen LogP contribution in [0.15, 0.2) is 35.7 Å². The average Bonchev–Trinajstić information content (AvgIpc) is 3.23. The number of aromatic nitrogens is 4. The molecule has 4 atom stereocenters. The van der Waals surface area contributed by atoms with Gasteiger partial charge in [0.25, 0.3) is 0 Å². The molecule has 9 nitrogen and oxygen atoms in total. The Balaban J connectivity index is 1.62. The highest BCUT2D eigenvalue weighted by Crippen LogP contribution is 2.33. The lowest BCUT2D eigenvalue weighted by atomic mass is 10.1. The summed E-state index contributed by atoms with van der Waals surface area (Å²) in [4.78, 5) is 13.0. The molecule has 3 heterocycles. The molecule has 4 rings (SSSR count). The molecule has 0 amide bonds. The van der Waals surface area contributed by atoms with E-state index in [1.54, 1.807) is 0 Å². The van der Waals surface area contributed by atoms with Crippen molar-refractivity contribution in [2.45, 2.75) is 42.4 Å². The second-order valence-corrected chi connectivity index (χ2v) is 7.66. The van der Waals surface area contributed by atoms with Crippen LogP contribution in [-0.2, 0) is 10.5 Å². The first-order valence-corrected chi connectivity index (χ1v) is 9.77. The van der Waals surface area contributed by atoms with E-state index in [1.165, 1.54) is 28.2 Å². The molecule has 0 radical (unpaired) electrons. The van der Waals surface area contributed by atoms with E-state index in [9.17, 15) is 15.3 Å². The van der Waals surface area contributed by atoms with Crippen LogP contribution in [0.2, 0.25) is 0 Å². The number of rotatable bonds is 5. The van der Waals surface area contributed by atoms with E-state index in [4.69, 9.17) is 10.5 Å². The van der Waals surface area contributed by atoms with Crippen LogP contribution in [-0.4, -0.2) is 59.8 Å². The van der Waals surface area contributed by atoms with E-state index in [1.807, 2.05) is 31.2 Å². The molecule has 148 valence electrons. The summed E-state index contributed by atoms with van der Waals surface area (Å²) >= 11 is 1.43. The second-order valence-electron chi connectivity index (χ2n) is 6.72. The van der Waals surface area contributed by atoms with Crippen LogP contribution < -0.4 is 5.73 Å². The molecule has 28 heavy (non-hydrogen) atoms. The van der Waals surface area contributed by atoms with Gasteiger partial charge in [0.1, 0.15) is 23.8 Å². The van der Waals surface area contributed by atoms with Crippen LogP contribution in [0.1, 0.15) is 17.4 Å². The van der Waals surface area contributed by atoms with Crippen LogP contribution in [0, 0.1) is 6.92 Å². The number of aliphatic hydroxyl groups is 3. The van der Waals surface area contributed by atoms with Gasteiger partial charge in [-0.25, -0.2) is 15.0 Å². The lowest BCUT2D eigenvalue weighted by Crippen LogP contribution is -2.33. The second kappa shape index (κ2) is 7.64. The van der Waals surface area contributed by atoms with Crippen molar-refractivity contribution < 1.29 is 20.1 Å². The monoisotopic (exact) mass is 403 g/mol. The maximum atomic E-state index is 10.3. The molecule has 10 heteroatoms. The van der Waals surface area contributed by atoms with Crippen molar-refractivity contribution in [1.82, 2.24) is 19.5 Å². The molecule has 1 fully saturated rings. The number of imidazole rings is 1. The maximum absolute atomic E-state index is 10.3. The molecule has 0 unspecified atom stereocenters. The van der Waals surface area contributed by atoms with Gasteiger partial charge in [-0.3, -0.25) is 4.57 Å². The predicted molar refractivity (Wildman–Crippen MR) is 103 cm³/mol. The standard InChI is InChI=1S/C18H21N5O4S/c1-9-2-4-10(5-3-9)7-28-18-21-15(19)12-16(22-18)23(8-20-12)17-14(26)13(25)11(6-24)27-17/h2-5,8,11,13-14,17,24-26H,6-7H2,1H3,(H2,19,21,22)/t11-,13-,14-,17-/m1/s1. The van der Waals surface area contributed by atoms with Crippen LogP contribution in [0.25, 0.3) is 11.2 Å².